The van der Waals surface area contributed by atoms with Crippen LogP contribution >= 0.6 is 0 Å². The minimum Gasteiger partial charge on any atom is -0.459 e. The molecule has 0 bridgehead atoms. The average Bonchev–Trinajstić information content (AvgIpc) is 3.39. The maximum atomic E-state index is 15.2. The van der Waals surface area contributed by atoms with Crippen LogP contribution in [0.5, 0.6) is 0 Å². The fourth-order valence-electron chi connectivity index (χ4n) is 4.29. The van der Waals surface area contributed by atoms with Gasteiger partial charge in [0, 0.05) is 44.3 Å². The van der Waals surface area contributed by atoms with Crippen LogP contribution in [0.1, 0.15) is 27.8 Å². The monoisotopic (exact) mass is 484 g/mol. The van der Waals surface area contributed by atoms with Gasteiger partial charge in [-0.1, -0.05) is 0 Å². The Balaban J connectivity index is 1.58. The lowest BCUT2D eigenvalue weighted by Crippen LogP contribution is -3.06. The van der Waals surface area contributed by atoms with Gasteiger partial charge in [0.1, 0.15) is 11.4 Å². The van der Waals surface area contributed by atoms with E-state index in [9.17, 15) is 14.4 Å². The Hall–Kier alpha value is -3.66. The van der Waals surface area contributed by atoms with E-state index in [1.54, 1.807) is 33.9 Å². The number of nitrogens with zero attached hydrogens (tertiary/aromatic N) is 3. The molecule has 2 amide bonds. The molecular weight excluding hydrogens is 453 g/mol. The molecule has 0 saturated carbocycles. The summed E-state index contributed by atoms with van der Waals surface area (Å²) in [5, 5.41) is 2.95. The van der Waals surface area contributed by atoms with Crippen molar-refractivity contribution in [3.05, 3.63) is 64.1 Å². The number of rotatable bonds is 7. The van der Waals surface area contributed by atoms with Crippen LogP contribution in [-0.4, -0.2) is 74.6 Å². The number of furan rings is 1. The summed E-state index contributed by atoms with van der Waals surface area (Å²) in [6.45, 7) is 5.31. The number of hydrogen-bond acceptors (Lipinski definition) is 5. The van der Waals surface area contributed by atoms with Gasteiger partial charge in [0.2, 0.25) is 5.43 Å². The Morgan fingerprint density at radius 1 is 1.17 bits per heavy atom. The zero-order chi connectivity index (χ0) is 25.1. The van der Waals surface area contributed by atoms with Crippen molar-refractivity contribution in [1.82, 2.24) is 14.8 Å². The lowest BCUT2D eigenvalue weighted by Gasteiger charge is -2.36. The summed E-state index contributed by atoms with van der Waals surface area (Å²) >= 11 is 0. The molecule has 1 saturated heterocycles. The zero-order valence-corrected chi connectivity index (χ0v) is 20.3. The lowest BCUT2D eigenvalue weighted by molar-refractivity contribution is -0.856. The van der Waals surface area contributed by atoms with Crippen LogP contribution in [0.25, 0.3) is 10.9 Å². The third kappa shape index (κ3) is 5.07. The minimum atomic E-state index is -0.531. The van der Waals surface area contributed by atoms with Gasteiger partial charge in [0.25, 0.3) is 11.8 Å². The topological polar surface area (TPSA) is 92.2 Å². The number of nitrogens with one attached hydrogen (secondary N) is 2. The van der Waals surface area contributed by atoms with Gasteiger partial charge in [-0.05, 0) is 31.2 Å². The number of anilines is 1. The summed E-state index contributed by atoms with van der Waals surface area (Å²) in [6, 6.07) is 6.18. The molecule has 0 atom stereocenters. The van der Waals surface area contributed by atoms with Crippen LogP contribution in [0.2, 0.25) is 0 Å². The number of aromatic nitrogens is 1. The van der Waals surface area contributed by atoms with E-state index in [1.807, 2.05) is 25.9 Å². The average molecular weight is 485 g/mol. The maximum Gasteiger partial charge on any atom is 0.289 e. The van der Waals surface area contributed by atoms with E-state index in [0.717, 1.165) is 6.54 Å². The van der Waals surface area contributed by atoms with Gasteiger partial charge >= 0.3 is 0 Å². The smallest absolute Gasteiger partial charge is 0.289 e. The second kappa shape index (κ2) is 10.3. The Bertz CT molecular complexity index is 1280. The second-order valence-electron chi connectivity index (χ2n) is 8.95. The number of halogens is 1. The van der Waals surface area contributed by atoms with Crippen LogP contribution in [0.15, 0.2) is 45.9 Å². The number of benzene rings is 1. The number of hydrogen-bond donors (Lipinski definition) is 2. The number of amides is 2. The molecule has 0 spiro atoms. The van der Waals surface area contributed by atoms with Gasteiger partial charge in [0.05, 0.1) is 44.7 Å². The Labute approximate surface area is 202 Å². The Morgan fingerprint density at radius 2 is 1.91 bits per heavy atom. The van der Waals surface area contributed by atoms with Crippen molar-refractivity contribution in [3.8, 4) is 0 Å². The minimum absolute atomic E-state index is 0.00492. The van der Waals surface area contributed by atoms with E-state index >= 15 is 4.39 Å². The molecule has 2 N–H and O–H groups in total. The normalized spacial score (nSPS) is 14.1. The summed E-state index contributed by atoms with van der Waals surface area (Å²) in [5.41, 5.74) is 0.455. The molecule has 1 aliphatic heterocycles. The van der Waals surface area contributed by atoms with Gasteiger partial charge in [-0.3, -0.25) is 14.4 Å². The third-order valence-electron chi connectivity index (χ3n) is 6.28. The molecule has 0 radical (unpaired) electrons. The summed E-state index contributed by atoms with van der Waals surface area (Å²) < 4.78 is 22.2. The van der Waals surface area contributed by atoms with Crippen molar-refractivity contribution in [2.75, 3.05) is 58.3 Å². The van der Waals surface area contributed by atoms with Gasteiger partial charge in [-0.15, -0.1) is 0 Å². The second-order valence-corrected chi connectivity index (χ2v) is 8.95. The predicted octanol–water partition coefficient (Wildman–Crippen LogP) is 0.590. The van der Waals surface area contributed by atoms with E-state index in [4.69, 9.17) is 4.42 Å². The first-order valence-electron chi connectivity index (χ1n) is 11.8. The maximum absolute atomic E-state index is 15.2. The molecule has 3 aromatic rings. The highest BCUT2D eigenvalue weighted by Gasteiger charge is 2.26. The Kier molecular flexibility index (Phi) is 7.20. The molecule has 1 aliphatic rings. The molecule has 186 valence electrons. The molecule has 35 heavy (non-hydrogen) atoms. The van der Waals surface area contributed by atoms with Crippen molar-refractivity contribution in [2.45, 2.75) is 13.5 Å². The van der Waals surface area contributed by atoms with Crippen LogP contribution in [-0.2, 0) is 6.54 Å². The largest absolute Gasteiger partial charge is 0.459 e. The summed E-state index contributed by atoms with van der Waals surface area (Å²) in [4.78, 5) is 43.0. The van der Waals surface area contributed by atoms with Crippen molar-refractivity contribution in [3.63, 3.8) is 0 Å². The SMILES string of the molecule is CCn1cc(C(=O)NCC[NH+](C)C)c(=O)c2cc(F)c(N3CCN(C(=O)c4ccco4)CC3)cc21. The van der Waals surface area contributed by atoms with Crippen LogP contribution < -0.4 is 20.5 Å². The molecule has 1 aromatic carbocycles. The summed E-state index contributed by atoms with van der Waals surface area (Å²) in [6.07, 6.45) is 3.01. The highest BCUT2D eigenvalue weighted by molar-refractivity contribution is 5.98. The number of fused-ring (bicyclic) bond motifs is 1. The third-order valence-corrected chi connectivity index (χ3v) is 6.28. The van der Waals surface area contributed by atoms with Crippen LogP contribution in [0.4, 0.5) is 10.1 Å². The summed E-state index contributed by atoms with van der Waals surface area (Å²) in [7, 11) is 3.95. The van der Waals surface area contributed by atoms with E-state index in [-0.39, 0.29) is 22.6 Å². The van der Waals surface area contributed by atoms with Crippen molar-refractivity contribution < 1.29 is 23.3 Å². The lowest BCUT2D eigenvalue weighted by atomic mass is 10.1. The molecule has 9 nitrogen and oxygen atoms in total. The van der Waals surface area contributed by atoms with Gasteiger partial charge in [0.15, 0.2) is 5.76 Å². The van der Waals surface area contributed by atoms with Gasteiger partial charge in [-0.25, -0.2) is 4.39 Å². The van der Waals surface area contributed by atoms with Crippen LogP contribution in [0.3, 0.4) is 0 Å². The first-order chi connectivity index (χ1) is 16.8. The van der Waals surface area contributed by atoms with Crippen molar-refractivity contribution in [1.29, 1.82) is 0 Å². The first-order valence-corrected chi connectivity index (χ1v) is 11.8. The summed E-state index contributed by atoms with van der Waals surface area (Å²) in [5.74, 6) is -0.893. The number of likely N-dealkylation sites (N-methyl/N-ethyl adjacent to an activating group) is 1. The highest BCUT2D eigenvalue weighted by atomic mass is 19.1. The fourth-order valence-corrected chi connectivity index (χ4v) is 4.29. The molecular formula is C25H31FN5O4+. The molecule has 2 aromatic heterocycles. The molecule has 10 heteroatoms. The molecule has 1 fully saturated rings. The van der Waals surface area contributed by atoms with E-state index in [2.05, 4.69) is 5.32 Å². The van der Waals surface area contributed by atoms with Crippen molar-refractivity contribution in [2.24, 2.45) is 0 Å². The van der Waals surface area contributed by atoms with Gasteiger partial charge in [-0.2, -0.15) is 0 Å². The van der Waals surface area contributed by atoms with Crippen molar-refractivity contribution >= 4 is 28.4 Å². The van der Waals surface area contributed by atoms with E-state index < -0.39 is 17.2 Å². The number of carbonyl (C=O) groups excluding carboxylic acids is 2. The number of carbonyl (C=O) groups is 2. The van der Waals surface area contributed by atoms with E-state index in [0.29, 0.717) is 50.5 Å². The fraction of sp³-hybridized carbons (Fsp3) is 0.400. The number of piperazine rings is 1. The molecule has 4 rings (SSSR count). The number of aryl methyl sites for hydroxylation is 1. The highest BCUT2D eigenvalue weighted by Crippen LogP contribution is 2.26. The van der Waals surface area contributed by atoms with Crippen LogP contribution in [0, 0.1) is 5.82 Å². The Morgan fingerprint density at radius 3 is 2.54 bits per heavy atom. The predicted molar refractivity (Wildman–Crippen MR) is 131 cm³/mol. The number of pyridine rings is 1. The number of quaternary nitrogens is 1. The quantitative estimate of drug-likeness (QED) is 0.512. The molecule has 3 heterocycles. The zero-order valence-electron chi connectivity index (χ0n) is 20.3. The standard InChI is InChI=1S/C25H30FN5O4/c1-4-29-16-18(24(33)27-7-8-28(2)3)23(32)17-14-19(26)21(15-20(17)29)30-9-11-31(12-10-30)25(34)22-6-5-13-35-22/h5-6,13-16H,4,7-12H2,1-3H3,(H,27,33)/p+1. The van der Waals surface area contributed by atoms with Gasteiger partial charge < -0.3 is 29.0 Å². The molecule has 0 aliphatic carbocycles. The molecule has 0 unspecified atom stereocenters. The van der Waals surface area contributed by atoms with E-state index in [1.165, 1.54) is 17.2 Å². The first kappa shape index (κ1) is 24.5.